The summed E-state index contributed by atoms with van der Waals surface area (Å²) in [6.07, 6.45) is 0. The van der Waals surface area contributed by atoms with Crippen LogP contribution < -0.4 is 9.47 Å². The van der Waals surface area contributed by atoms with Gasteiger partial charge in [0, 0.05) is 6.92 Å². The van der Waals surface area contributed by atoms with Crippen LogP contribution in [0.25, 0.3) is 0 Å². The first-order valence-electron chi connectivity index (χ1n) is 9.96. The van der Waals surface area contributed by atoms with E-state index in [0.29, 0.717) is 27.8 Å². The van der Waals surface area contributed by atoms with Crippen LogP contribution in [0.15, 0.2) is 34.5 Å². The van der Waals surface area contributed by atoms with Gasteiger partial charge in [-0.1, -0.05) is 31.7 Å². The molecule has 166 valence electrons. The summed E-state index contributed by atoms with van der Waals surface area (Å²) in [5.74, 6) is -0.400. The molecule has 2 atom stereocenters. The number of rotatable bonds is 6. The fourth-order valence-corrected chi connectivity index (χ4v) is 4.42. The van der Waals surface area contributed by atoms with Crippen molar-refractivity contribution in [3.63, 3.8) is 0 Å². The predicted octanol–water partition coefficient (Wildman–Crippen LogP) is 3.47. The van der Waals surface area contributed by atoms with E-state index >= 15 is 0 Å². The van der Waals surface area contributed by atoms with E-state index in [4.69, 9.17) is 14.2 Å². The molecule has 1 fully saturated rings. The van der Waals surface area contributed by atoms with Gasteiger partial charge in [0.05, 0.1) is 36.3 Å². The number of fused-ring (bicyclic) bond motifs is 1. The summed E-state index contributed by atoms with van der Waals surface area (Å²) in [6, 6.07) is 4.23. The second-order valence-corrected chi connectivity index (χ2v) is 9.07. The molecule has 0 saturated carbocycles. The molecule has 1 aromatic rings. The van der Waals surface area contributed by atoms with Gasteiger partial charge in [-0.05, 0) is 37.5 Å². The lowest BCUT2D eigenvalue weighted by molar-refractivity contribution is -0.141. The van der Waals surface area contributed by atoms with E-state index < -0.39 is 18.0 Å². The Bertz CT molecular complexity index is 984. The Hall–Kier alpha value is -2.81. The van der Waals surface area contributed by atoms with Crippen LogP contribution >= 0.6 is 11.8 Å². The fraction of sp³-hybridized carbons (Fsp3) is 0.455. The van der Waals surface area contributed by atoms with Gasteiger partial charge in [-0.2, -0.15) is 0 Å². The van der Waals surface area contributed by atoms with Gasteiger partial charge in [0.15, 0.2) is 16.7 Å². The fourth-order valence-electron chi connectivity index (χ4n) is 3.39. The van der Waals surface area contributed by atoms with Crippen LogP contribution in [-0.4, -0.2) is 46.9 Å². The van der Waals surface area contributed by atoms with Crippen molar-refractivity contribution in [3.05, 3.63) is 35.0 Å². The van der Waals surface area contributed by atoms with Crippen molar-refractivity contribution in [2.24, 2.45) is 10.9 Å². The number of aliphatic imine (C=N–C) groups is 1. The summed E-state index contributed by atoms with van der Waals surface area (Å²) in [6.45, 7) is 9.00. The molecule has 2 aliphatic heterocycles. The number of methoxy groups -OCH3 is 1. The molecular formula is C22H26N2O6S. The van der Waals surface area contributed by atoms with Crippen LogP contribution in [0.4, 0.5) is 0 Å². The second-order valence-electron chi connectivity index (χ2n) is 7.76. The largest absolute Gasteiger partial charge is 0.493 e. The smallest absolute Gasteiger partial charge is 0.338 e. The Morgan fingerprint density at radius 3 is 2.58 bits per heavy atom. The highest BCUT2D eigenvalue weighted by molar-refractivity contribution is 8.15. The lowest BCUT2D eigenvalue weighted by atomic mass is 9.94. The molecule has 2 aliphatic rings. The van der Waals surface area contributed by atoms with Crippen molar-refractivity contribution >= 4 is 34.8 Å². The molecule has 0 unspecified atom stereocenters. The van der Waals surface area contributed by atoms with Gasteiger partial charge in [-0.15, -0.1) is 0 Å². The summed E-state index contributed by atoms with van der Waals surface area (Å²) in [5, 5.41) is 0.228. The Morgan fingerprint density at radius 1 is 1.26 bits per heavy atom. The monoisotopic (exact) mass is 446 g/mol. The first-order chi connectivity index (χ1) is 14.6. The zero-order valence-corrected chi connectivity index (χ0v) is 19.2. The molecule has 9 heteroatoms. The topological polar surface area (TPSA) is 94.5 Å². The number of nitrogens with zero attached hydrogens (tertiary/aromatic N) is 2. The van der Waals surface area contributed by atoms with Gasteiger partial charge in [-0.3, -0.25) is 14.5 Å². The third-order valence-corrected chi connectivity index (χ3v) is 5.84. The minimum Gasteiger partial charge on any atom is -0.493 e. The molecule has 2 heterocycles. The number of amides is 1. The number of thioether (sulfide) groups is 1. The van der Waals surface area contributed by atoms with Gasteiger partial charge in [0.1, 0.15) is 0 Å². The first-order valence-corrected chi connectivity index (χ1v) is 10.8. The predicted molar refractivity (Wildman–Crippen MR) is 117 cm³/mol. The van der Waals surface area contributed by atoms with Crippen molar-refractivity contribution in [1.82, 2.24) is 4.90 Å². The molecule has 31 heavy (non-hydrogen) atoms. The highest BCUT2D eigenvalue weighted by Crippen LogP contribution is 2.44. The summed E-state index contributed by atoms with van der Waals surface area (Å²) < 4.78 is 16.1. The van der Waals surface area contributed by atoms with Crippen LogP contribution in [-0.2, 0) is 19.1 Å². The number of carbonyl (C=O) groups is 3. The van der Waals surface area contributed by atoms with Gasteiger partial charge in [0.25, 0.3) is 0 Å². The van der Waals surface area contributed by atoms with E-state index in [1.807, 2.05) is 13.8 Å². The van der Waals surface area contributed by atoms with E-state index in [1.165, 1.54) is 30.7 Å². The third kappa shape index (κ3) is 4.61. The molecule has 3 rings (SSSR count). The van der Waals surface area contributed by atoms with E-state index in [-0.39, 0.29) is 29.4 Å². The summed E-state index contributed by atoms with van der Waals surface area (Å²) in [5.41, 5.74) is 1.43. The Labute approximate surface area is 185 Å². The molecule has 1 amide bonds. The van der Waals surface area contributed by atoms with Crippen LogP contribution in [0, 0.1) is 5.92 Å². The molecule has 1 saturated heterocycles. The normalized spacial score (nSPS) is 20.5. The van der Waals surface area contributed by atoms with E-state index in [1.54, 1.807) is 32.0 Å². The standard InChI is InChI=1S/C22H26N2O6S/c1-11(2)10-29-21(27)18-12(3)23-22-24(20(26)13(4)31-22)19(18)15-7-8-16(30-14(5)25)17(9-15)28-6/h7-9,11,13,19H,10H2,1-6H3/t13-,19+/m0/s1. The van der Waals surface area contributed by atoms with Crippen molar-refractivity contribution in [1.29, 1.82) is 0 Å². The highest BCUT2D eigenvalue weighted by Gasteiger charge is 2.46. The number of benzene rings is 1. The van der Waals surface area contributed by atoms with Crippen molar-refractivity contribution in [2.75, 3.05) is 13.7 Å². The molecule has 0 spiro atoms. The van der Waals surface area contributed by atoms with Crippen LogP contribution in [0.3, 0.4) is 0 Å². The zero-order valence-electron chi connectivity index (χ0n) is 18.4. The molecule has 0 N–H and O–H groups in total. The van der Waals surface area contributed by atoms with E-state index in [2.05, 4.69) is 4.99 Å². The highest BCUT2D eigenvalue weighted by atomic mass is 32.2. The summed E-state index contributed by atoms with van der Waals surface area (Å²) >= 11 is 1.35. The van der Waals surface area contributed by atoms with E-state index in [9.17, 15) is 14.4 Å². The second kappa shape index (κ2) is 9.13. The van der Waals surface area contributed by atoms with Crippen LogP contribution in [0.2, 0.25) is 0 Å². The van der Waals surface area contributed by atoms with Gasteiger partial charge >= 0.3 is 11.9 Å². The molecule has 0 aliphatic carbocycles. The maximum Gasteiger partial charge on any atom is 0.338 e. The van der Waals surface area contributed by atoms with Crippen molar-refractivity contribution in [2.45, 2.75) is 45.9 Å². The minimum absolute atomic E-state index is 0.140. The van der Waals surface area contributed by atoms with Crippen molar-refractivity contribution in [3.8, 4) is 11.5 Å². The summed E-state index contributed by atoms with van der Waals surface area (Å²) in [7, 11) is 1.46. The maximum absolute atomic E-state index is 13.0. The lowest BCUT2D eigenvalue weighted by Crippen LogP contribution is -2.40. The molecule has 1 aromatic carbocycles. The zero-order chi connectivity index (χ0) is 22.9. The Balaban J connectivity index is 2.10. The number of hydrogen-bond acceptors (Lipinski definition) is 8. The molecular weight excluding hydrogens is 420 g/mol. The van der Waals surface area contributed by atoms with E-state index in [0.717, 1.165) is 0 Å². The van der Waals surface area contributed by atoms with Gasteiger partial charge in [0.2, 0.25) is 5.91 Å². The quantitative estimate of drug-likeness (QED) is 0.488. The number of carbonyl (C=O) groups excluding carboxylic acids is 3. The minimum atomic E-state index is -0.725. The number of ether oxygens (including phenoxy) is 3. The molecule has 8 nitrogen and oxygen atoms in total. The van der Waals surface area contributed by atoms with Gasteiger partial charge in [-0.25, -0.2) is 9.79 Å². The maximum atomic E-state index is 13.0. The Morgan fingerprint density at radius 2 is 1.97 bits per heavy atom. The number of allylic oxidation sites excluding steroid dienone is 1. The molecule has 0 bridgehead atoms. The number of hydrogen-bond donors (Lipinski definition) is 0. The average molecular weight is 447 g/mol. The Kier molecular flexibility index (Phi) is 6.74. The van der Waals surface area contributed by atoms with Gasteiger partial charge < -0.3 is 14.2 Å². The molecule has 0 aromatic heterocycles. The third-order valence-electron chi connectivity index (χ3n) is 4.78. The summed E-state index contributed by atoms with van der Waals surface area (Å²) in [4.78, 5) is 43.5. The average Bonchev–Trinajstić information content (AvgIpc) is 2.98. The number of esters is 2. The molecule has 0 radical (unpaired) electrons. The first kappa shape index (κ1) is 22.9. The van der Waals surface area contributed by atoms with Crippen LogP contribution in [0.1, 0.15) is 46.2 Å². The lowest BCUT2D eigenvalue weighted by Gasteiger charge is -2.33. The van der Waals surface area contributed by atoms with Crippen LogP contribution in [0.5, 0.6) is 11.5 Å². The SMILES string of the molecule is COc1cc([C@@H]2C(C(=O)OCC(C)C)=C(C)N=C3S[C@@H](C)C(=O)N32)ccc1OC(C)=O. The van der Waals surface area contributed by atoms with Crippen molar-refractivity contribution < 1.29 is 28.6 Å². The number of amidine groups is 1.